The van der Waals surface area contributed by atoms with E-state index in [0.29, 0.717) is 17.4 Å². The minimum Gasteiger partial charge on any atom is -0.326 e. The lowest BCUT2D eigenvalue weighted by Gasteiger charge is -2.15. The smallest absolute Gasteiger partial charge is 0.241 e. The van der Waals surface area contributed by atoms with E-state index in [4.69, 9.17) is 5.73 Å². The van der Waals surface area contributed by atoms with Crippen LogP contribution in [0.3, 0.4) is 0 Å². The third-order valence-corrected chi connectivity index (χ3v) is 5.59. The van der Waals surface area contributed by atoms with Crippen molar-refractivity contribution in [3.05, 3.63) is 29.3 Å². The van der Waals surface area contributed by atoms with E-state index >= 15 is 0 Å². The quantitative estimate of drug-likeness (QED) is 0.886. The Labute approximate surface area is 115 Å². The first-order valence-corrected chi connectivity index (χ1v) is 8.23. The molecule has 0 bridgehead atoms. The molecule has 1 saturated carbocycles. The second-order valence-electron chi connectivity index (χ2n) is 5.48. The first-order valence-electron chi connectivity index (χ1n) is 6.75. The van der Waals surface area contributed by atoms with Crippen LogP contribution in [0.4, 0.5) is 0 Å². The van der Waals surface area contributed by atoms with E-state index in [1.165, 1.54) is 0 Å². The van der Waals surface area contributed by atoms with Gasteiger partial charge in [-0.2, -0.15) is 0 Å². The molecule has 3 N–H and O–H groups in total. The lowest BCUT2D eigenvalue weighted by Crippen LogP contribution is -2.33. The van der Waals surface area contributed by atoms with Gasteiger partial charge in [0.05, 0.1) is 4.90 Å². The van der Waals surface area contributed by atoms with Crippen LogP contribution in [0.15, 0.2) is 23.1 Å². The molecule has 0 spiro atoms. The van der Waals surface area contributed by atoms with Gasteiger partial charge in [0.15, 0.2) is 0 Å². The summed E-state index contributed by atoms with van der Waals surface area (Å²) in [6.07, 6.45) is 2.94. The largest absolute Gasteiger partial charge is 0.326 e. The van der Waals surface area contributed by atoms with Crippen LogP contribution in [0.2, 0.25) is 0 Å². The van der Waals surface area contributed by atoms with Crippen molar-refractivity contribution in [2.75, 3.05) is 0 Å². The topological polar surface area (TPSA) is 72.2 Å². The molecule has 4 nitrogen and oxygen atoms in total. The lowest BCUT2D eigenvalue weighted by atomic mass is 10.1. The zero-order chi connectivity index (χ0) is 14.0. The monoisotopic (exact) mass is 282 g/mol. The Morgan fingerprint density at radius 2 is 2.11 bits per heavy atom. The summed E-state index contributed by atoms with van der Waals surface area (Å²) in [7, 11) is -3.44. The van der Waals surface area contributed by atoms with E-state index in [9.17, 15) is 8.42 Å². The van der Waals surface area contributed by atoms with E-state index in [-0.39, 0.29) is 6.04 Å². The minimum absolute atomic E-state index is 0.0703. The molecule has 2 unspecified atom stereocenters. The molecule has 1 aliphatic carbocycles. The fraction of sp³-hybridized carbons (Fsp3) is 0.571. The fourth-order valence-electron chi connectivity index (χ4n) is 2.77. The summed E-state index contributed by atoms with van der Waals surface area (Å²) >= 11 is 0. The van der Waals surface area contributed by atoms with Crippen molar-refractivity contribution in [1.82, 2.24) is 4.72 Å². The predicted molar refractivity (Wildman–Crippen MR) is 76.2 cm³/mol. The molecule has 5 heteroatoms. The number of nitrogens with two attached hydrogens (primary N) is 1. The molecule has 0 saturated heterocycles. The molecule has 1 aliphatic rings. The molecule has 1 fully saturated rings. The molecule has 1 aromatic rings. The molecule has 106 valence electrons. The van der Waals surface area contributed by atoms with Crippen molar-refractivity contribution < 1.29 is 8.42 Å². The highest BCUT2D eigenvalue weighted by Crippen LogP contribution is 2.27. The van der Waals surface area contributed by atoms with Crippen molar-refractivity contribution >= 4 is 10.0 Å². The zero-order valence-corrected chi connectivity index (χ0v) is 12.3. The van der Waals surface area contributed by atoms with Gasteiger partial charge >= 0.3 is 0 Å². The van der Waals surface area contributed by atoms with E-state index in [0.717, 1.165) is 30.4 Å². The first kappa shape index (κ1) is 14.5. The Morgan fingerprint density at radius 1 is 1.37 bits per heavy atom. The predicted octanol–water partition coefficient (Wildman–Crippen LogP) is 1.92. The number of hydrogen-bond donors (Lipinski definition) is 2. The van der Waals surface area contributed by atoms with Gasteiger partial charge in [0.2, 0.25) is 10.0 Å². The van der Waals surface area contributed by atoms with Crippen LogP contribution >= 0.6 is 0 Å². The molecule has 0 radical (unpaired) electrons. The van der Waals surface area contributed by atoms with Crippen LogP contribution in [-0.4, -0.2) is 14.5 Å². The third kappa shape index (κ3) is 3.16. The van der Waals surface area contributed by atoms with E-state index in [1.54, 1.807) is 12.1 Å². The summed E-state index contributed by atoms with van der Waals surface area (Å²) in [4.78, 5) is 0.356. The minimum atomic E-state index is -3.44. The summed E-state index contributed by atoms with van der Waals surface area (Å²) in [5.74, 6) is 0.601. The molecule has 0 amide bonds. The Bertz CT molecular complexity index is 555. The van der Waals surface area contributed by atoms with Gasteiger partial charge in [-0.05, 0) is 49.3 Å². The third-order valence-electron chi connectivity index (χ3n) is 3.92. The molecule has 0 aliphatic heterocycles. The normalized spacial score (nSPS) is 23.7. The maximum absolute atomic E-state index is 12.4. The second-order valence-corrected chi connectivity index (χ2v) is 7.16. The summed E-state index contributed by atoms with van der Waals surface area (Å²) < 4.78 is 27.7. The highest BCUT2D eigenvalue weighted by atomic mass is 32.2. The van der Waals surface area contributed by atoms with Crippen molar-refractivity contribution in [3.63, 3.8) is 0 Å². The van der Waals surface area contributed by atoms with Gasteiger partial charge in [-0.15, -0.1) is 0 Å². The first-order chi connectivity index (χ1) is 8.94. The van der Waals surface area contributed by atoms with Crippen LogP contribution in [-0.2, 0) is 16.6 Å². The van der Waals surface area contributed by atoms with Gasteiger partial charge in [0.25, 0.3) is 0 Å². The average Bonchev–Trinajstić information content (AvgIpc) is 2.74. The number of nitrogens with one attached hydrogen (secondary N) is 1. The summed E-state index contributed by atoms with van der Waals surface area (Å²) in [6, 6.07) is 5.34. The molecule has 2 rings (SSSR count). The number of hydrogen-bond acceptors (Lipinski definition) is 3. The van der Waals surface area contributed by atoms with Gasteiger partial charge in [-0.25, -0.2) is 13.1 Å². The van der Waals surface area contributed by atoms with Crippen molar-refractivity contribution in [2.45, 2.75) is 50.6 Å². The van der Waals surface area contributed by atoms with E-state index in [1.807, 2.05) is 13.0 Å². The van der Waals surface area contributed by atoms with Crippen molar-refractivity contribution in [1.29, 1.82) is 0 Å². The zero-order valence-electron chi connectivity index (χ0n) is 11.5. The van der Waals surface area contributed by atoms with Crippen LogP contribution in [0, 0.1) is 12.8 Å². The summed E-state index contributed by atoms with van der Waals surface area (Å²) in [6.45, 7) is 4.33. The molecule has 0 aromatic heterocycles. The van der Waals surface area contributed by atoms with Gasteiger partial charge in [0.1, 0.15) is 0 Å². The highest BCUT2D eigenvalue weighted by molar-refractivity contribution is 7.89. The van der Waals surface area contributed by atoms with Gasteiger partial charge in [-0.3, -0.25) is 0 Å². The number of benzene rings is 1. The summed E-state index contributed by atoms with van der Waals surface area (Å²) in [5, 5.41) is 0. The van der Waals surface area contributed by atoms with Crippen LogP contribution in [0.5, 0.6) is 0 Å². The Morgan fingerprint density at radius 3 is 2.68 bits per heavy atom. The molecule has 1 aromatic carbocycles. The van der Waals surface area contributed by atoms with Crippen LogP contribution < -0.4 is 10.5 Å². The van der Waals surface area contributed by atoms with E-state index < -0.39 is 10.0 Å². The van der Waals surface area contributed by atoms with Crippen LogP contribution in [0.25, 0.3) is 0 Å². The standard InChI is InChI=1S/C14H22N2O2S/c1-10-6-7-13(8-10)16-19(17,18)14-5-3-4-12(9-15)11(14)2/h3-5,10,13,16H,6-9,15H2,1-2H3. The van der Waals surface area contributed by atoms with Crippen LogP contribution in [0.1, 0.15) is 37.3 Å². The van der Waals surface area contributed by atoms with E-state index in [2.05, 4.69) is 11.6 Å². The SMILES string of the molecule is Cc1c(CN)cccc1S(=O)(=O)NC1CCC(C)C1. The van der Waals surface area contributed by atoms with Gasteiger partial charge in [0, 0.05) is 12.6 Å². The van der Waals surface area contributed by atoms with Crippen molar-refractivity contribution in [2.24, 2.45) is 11.7 Å². The number of sulfonamides is 1. The molecular weight excluding hydrogens is 260 g/mol. The van der Waals surface area contributed by atoms with Crippen molar-refractivity contribution in [3.8, 4) is 0 Å². The molecule has 19 heavy (non-hydrogen) atoms. The Kier molecular flexibility index (Phi) is 4.28. The van der Waals surface area contributed by atoms with Gasteiger partial charge in [-0.1, -0.05) is 19.1 Å². The molecule has 0 heterocycles. The second kappa shape index (κ2) is 5.61. The molecule has 2 atom stereocenters. The maximum atomic E-state index is 12.4. The Balaban J connectivity index is 2.24. The average molecular weight is 282 g/mol. The fourth-order valence-corrected chi connectivity index (χ4v) is 4.34. The molecular formula is C14H22N2O2S. The Hall–Kier alpha value is -0.910. The van der Waals surface area contributed by atoms with Gasteiger partial charge < -0.3 is 5.73 Å². The lowest BCUT2D eigenvalue weighted by molar-refractivity contribution is 0.538. The maximum Gasteiger partial charge on any atom is 0.241 e. The highest BCUT2D eigenvalue weighted by Gasteiger charge is 2.27. The number of rotatable bonds is 4. The summed E-state index contributed by atoms with van der Waals surface area (Å²) in [5.41, 5.74) is 7.26.